The highest BCUT2D eigenvalue weighted by Gasteiger charge is 2.14. The molecule has 0 aliphatic carbocycles. The predicted octanol–water partition coefficient (Wildman–Crippen LogP) is 2.23. The van der Waals surface area contributed by atoms with Crippen LogP contribution < -0.4 is 10.2 Å². The fourth-order valence-electron chi connectivity index (χ4n) is 2.13. The molecular formula is C12H15BrN4O. The lowest BCUT2D eigenvalue weighted by Crippen LogP contribution is -2.28. The lowest BCUT2D eigenvalue weighted by atomic mass is 10.3. The second-order valence-corrected chi connectivity index (χ2v) is 5.12. The Morgan fingerprint density at radius 1 is 1.28 bits per heavy atom. The van der Waals surface area contributed by atoms with Gasteiger partial charge in [0, 0.05) is 25.7 Å². The van der Waals surface area contributed by atoms with Crippen molar-refractivity contribution in [2.45, 2.75) is 6.42 Å². The van der Waals surface area contributed by atoms with Crippen LogP contribution in [0.25, 0.3) is 11.5 Å². The normalized spacial score (nSPS) is 16.8. The largest absolute Gasteiger partial charge is 0.448 e. The van der Waals surface area contributed by atoms with Gasteiger partial charge in [-0.1, -0.05) is 0 Å². The smallest absolute Gasteiger partial charge is 0.169 e. The van der Waals surface area contributed by atoms with Crippen LogP contribution in [0.15, 0.2) is 27.3 Å². The number of nitrogens with zero attached hydrogens (tertiary/aromatic N) is 2. The van der Waals surface area contributed by atoms with E-state index in [9.17, 15) is 0 Å². The van der Waals surface area contributed by atoms with Gasteiger partial charge in [0.25, 0.3) is 0 Å². The SMILES string of the molecule is Brc1ccc(-c2cc(N3CCCNCC3)n[nH]2)o1. The van der Waals surface area contributed by atoms with Crippen molar-refractivity contribution in [1.82, 2.24) is 15.5 Å². The summed E-state index contributed by atoms with van der Waals surface area (Å²) < 4.78 is 6.24. The molecule has 0 amide bonds. The van der Waals surface area contributed by atoms with Crippen LogP contribution in [0, 0.1) is 0 Å². The molecule has 2 aromatic heterocycles. The first kappa shape index (κ1) is 11.8. The summed E-state index contributed by atoms with van der Waals surface area (Å²) in [5, 5.41) is 10.8. The van der Waals surface area contributed by atoms with E-state index in [1.54, 1.807) is 0 Å². The Kier molecular flexibility index (Phi) is 3.38. The van der Waals surface area contributed by atoms with E-state index in [-0.39, 0.29) is 0 Å². The molecule has 6 heteroatoms. The molecule has 0 aromatic carbocycles. The van der Waals surface area contributed by atoms with Gasteiger partial charge < -0.3 is 14.6 Å². The molecule has 0 atom stereocenters. The molecule has 2 N–H and O–H groups in total. The van der Waals surface area contributed by atoms with E-state index in [0.717, 1.165) is 54.5 Å². The van der Waals surface area contributed by atoms with Gasteiger partial charge in [-0.3, -0.25) is 5.10 Å². The lowest BCUT2D eigenvalue weighted by Gasteiger charge is -2.18. The molecule has 2 aromatic rings. The maximum atomic E-state index is 5.51. The van der Waals surface area contributed by atoms with Gasteiger partial charge in [-0.25, -0.2) is 0 Å². The van der Waals surface area contributed by atoms with Crippen LogP contribution in [0.5, 0.6) is 0 Å². The van der Waals surface area contributed by atoms with Gasteiger partial charge in [-0.2, -0.15) is 5.10 Å². The van der Waals surface area contributed by atoms with Gasteiger partial charge in [-0.15, -0.1) is 0 Å². The molecule has 0 radical (unpaired) electrons. The van der Waals surface area contributed by atoms with E-state index in [0.29, 0.717) is 0 Å². The summed E-state index contributed by atoms with van der Waals surface area (Å²) in [5.74, 6) is 1.79. The summed E-state index contributed by atoms with van der Waals surface area (Å²) in [4.78, 5) is 2.29. The molecule has 0 unspecified atom stereocenters. The van der Waals surface area contributed by atoms with Crippen molar-refractivity contribution in [3.63, 3.8) is 0 Å². The van der Waals surface area contributed by atoms with Gasteiger partial charge in [0.05, 0.1) is 0 Å². The number of hydrogen-bond acceptors (Lipinski definition) is 4. The summed E-state index contributed by atoms with van der Waals surface area (Å²) in [5.41, 5.74) is 0.910. The van der Waals surface area contributed by atoms with Crippen LogP contribution in [0.1, 0.15) is 6.42 Å². The zero-order chi connectivity index (χ0) is 12.4. The summed E-state index contributed by atoms with van der Waals surface area (Å²) in [6.07, 6.45) is 1.15. The minimum atomic E-state index is 0.729. The Morgan fingerprint density at radius 2 is 2.22 bits per heavy atom. The van der Waals surface area contributed by atoms with Crippen molar-refractivity contribution < 1.29 is 4.42 Å². The van der Waals surface area contributed by atoms with Gasteiger partial charge >= 0.3 is 0 Å². The van der Waals surface area contributed by atoms with Crippen LogP contribution in [0.4, 0.5) is 5.82 Å². The molecule has 1 aliphatic rings. The Bertz CT molecular complexity index is 514. The Hall–Kier alpha value is -1.27. The summed E-state index contributed by atoms with van der Waals surface area (Å²) >= 11 is 3.30. The molecule has 5 nitrogen and oxygen atoms in total. The van der Waals surface area contributed by atoms with Crippen LogP contribution in [0.2, 0.25) is 0 Å². The molecule has 0 spiro atoms. The highest BCUT2D eigenvalue weighted by atomic mass is 79.9. The summed E-state index contributed by atoms with van der Waals surface area (Å²) in [6, 6.07) is 5.84. The Balaban J connectivity index is 1.80. The van der Waals surface area contributed by atoms with Gasteiger partial charge in [0.2, 0.25) is 0 Å². The van der Waals surface area contributed by atoms with Crippen molar-refractivity contribution in [3.05, 3.63) is 22.9 Å². The molecule has 0 bridgehead atoms. The first-order valence-corrected chi connectivity index (χ1v) is 6.89. The van der Waals surface area contributed by atoms with E-state index < -0.39 is 0 Å². The van der Waals surface area contributed by atoms with Crippen molar-refractivity contribution >= 4 is 21.7 Å². The van der Waals surface area contributed by atoms with E-state index in [1.165, 1.54) is 0 Å². The first-order valence-electron chi connectivity index (χ1n) is 6.10. The monoisotopic (exact) mass is 310 g/mol. The van der Waals surface area contributed by atoms with E-state index in [1.807, 2.05) is 18.2 Å². The van der Waals surface area contributed by atoms with Crippen molar-refractivity contribution in [3.8, 4) is 11.5 Å². The first-order chi connectivity index (χ1) is 8.83. The van der Waals surface area contributed by atoms with E-state index >= 15 is 0 Å². The standard InChI is InChI=1S/C12H15BrN4O/c13-11-3-2-10(18-11)9-8-12(16-15-9)17-6-1-4-14-5-7-17/h2-3,8,14H,1,4-7H2,(H,15,16). The number of halogens is 1. The Morgan fingerprint density at radius 3 is 3.06 bits per heavy atom. The topological polar surface area (TPSA) is 57.1 Å². The van der Waals surface area contributed by atoms with E-state index in [2.05, 4.69) is 36.3 Å². The number of anilines is 1. The predicted molar refractivity (Wildman–Crippen MR) is 73.7 cm³/mol. The number of rotatable bonds is 2. The van der Waals surface area contributed by atoms with Crippen LogP contribution in [-0.2, 0) is 0 Å². The number of aromatic nitrogens is 2. The molecule has 1 saturated heterocycles. The van der Waals surface area contributed by atoms with Gasteiger partial charge in [0.1, 0.15) is 5.69 Å². The molecule has 18 heavy (non-hydrogen) atoms. The molecular weight excluding hydrogens is 296 g/mol. The quantitative estimate of drug-likeness (QED) is 0.893. The third kappa shape index (κ3) is 2.44. The number of furan rings is 1. The second kappa shape index (κ2) is 5.16. The molecule has 3 heterocycles. The van der Waals surface area contributed by atoms with Gasteiger partial charge in [0.15, 0.2) is 16.2 Å². The van der Waals surface area contributed by atoms with Crippen LogP contribution in [0.3, 0.4) is 0 Å². The minimum absolute atomic E-state index is 0.729. The average Bonchev–Trinajstić information content (AvgIpc) is 2.92. The zero-order valence-electron chi connectivity index (χ0n) is 9.95. The third-order valence-corrected chi connectivity index (χ3v) is 3.49. The number of nitrogens with one attached hydrogen (secondary N) is 2. The molecule has 96 valence electrons. The van der Waals surface area contributed by atoms with Crippen molar-refractivity contribution in [1.29, 1.82) is 0 Å². The fraction of sp³-hybridized carbons (Fsp3) is 0.417. The maximum absolute atomic E-state index is 5.51. The maximum Gasteiger partial charge on any atom is 0.169 e. The minimum Gasteiger partial charge on any atom is -0.448 e. The summed E-state index contributed by atoms with van der Waals surface area (Å²) in [7, 11) is 0. The molecule has 1 fully saturated rings. The highest BCUT2D eigenvalue weighted by Crippen LogP contribution is 2.26. The van der Waals surface area contributed by atoms with Crippen molar-refractivity contribution in [2.75, 3.05) is 31.1 Å². The molecule has 0 saturated carbocycles. The third-order valence-electron chi connectivity index (χ3n) is 3.07. The van der Waals surface area contributed by atoms with Crippen LogP contribution >= 0.6 is 15.9 Å². The summed E-state index contributed by atoms with van der Waals surface area (Å²) in [6.45, 7) is 4.12. The average molecular weight is 311 g/mol. The van der Waals surface area contributed by atoms with Gasteiger partial charge in [-0.05, 0) is 41.0 Å². The van der Waals surface area contributed by atoms with Crippen LogP contribution in [-0.4, -0.2) is 36.4 Å². The molecule has 1 aliphatic heterocycles. The van der Waals surface area contributed by atoms with Crippen molar-refractivity contribution in [2.24, 2.45) is 0 Å². The second-order valence-electron chi connectivity index (χ2n) is 4.33. The fourth-order valence-corrected chi connectivity index (χ4v) is 2.44. The molecule has 3 rings (SSSR count). The Labute approximate surface area is 114 Å². The highest BCUT2D eigenvalue weighted by molar-refractivity contribution is 9.10. The number of aromatic amines is 1. The lowest BCUT2D eigenvalue weighted by molar-refractivity contribution is 0.553. The van der Waals surface area contributed by atoms with E-state index in [4.69, 9.17) is 4.42 Å². The number of H-pyrrole nitrogens is 1. The zero-order valence-corrected chi connectivity index (χ0v) is 11.5. The number of hydrogen-bond donors (Lipinski definition) is 2.